The van der Waals surface area contributed by atoms with Gasteiger partial charge in [-0.15, -0.1) is 0 Å². The topological polar surface area (TPSA) is 26.8 Å². The van der Waals surface area contributed by atoms with Gasteiger partial charge < -0.3 is 14.7 Å². The molecule has 0 unspecified atom stereocenters. The summed E-state index contributed by atoms with van der Waals surface area (Å²) in [6.45, 7) is 9.11. The second kappa shape index (κ2) is 6.24. The van der Waals surface area contributed by atoms with Crippen LogP contribution in [0.25, 0.3) is 0 Å². The van der Waals surface area contributed by atoms with Crippen molar-refractivity contribution in [3.05, 3.63) is 0 Å². The number of hydrogen-bond donors (Lipinski definition) is 0. The Balaban J connectivity index is 1.82. The van der Waals surface area contributed by atoms with E-state index < -0.39 is 0 Å². The van der Waals surface area contributed by atoms with Crippen LogP contribution in [0, 0.1) is 0 Å². The molecule has 0 atom stereocenters. The lowest BCUT2D eigenvalue weighted by molar-refractivity contribution is 0.116. The van der Waals surface area contributed by atoms with Crippen LogP contribution in [0.5, 0.6) is 0 Å². The standard InChI is InChI=1S/C13H25N3O/c1-2-14-9-11-16(12-10-14)13(17)15-7-5-3-4-6-8-15/h2-12H2,1H3. The van der Waals surface area contributed by atoms with Gasteiger partial charge in [-0.1, -0.05) is 19.8 Å². The van der Waals surface area contributed by atoms with E-state index in [-0.39, 0.29) is 6.03 Å². The van der Waals surface area contributed by atoms with E-state index in [9.17, 15) is 4.79 Å². The molecule has 0 spiro atoms. The molecule has 0 N–H and O–H groups in total. The van der Waals surface area contributed by atoms with Gasteiger partial charge in [0.05, 0.1) is 0 Å². The molecule has 2 rings (SSSR count). The van der Waals surface area contributed by atoms with Crippen molar-refractivity contribution in [3.63, 3.8) is 0 Å². The summed E-state index contributed by atoms with van der Waals surface area (Å²) < 4.78 is 0. The van der Waals surface area contributed by atoms with E-state index in [0.29, 0.717) is 0 Å². The summed E-state index contributed by atoms with van der Waals surface area (Å²) in [6.07, 6.45) is 4.93. The molecular formula is C13H25N3O. The minimum Gasteiger partial charge on any atom is -0.325 e. The van der Waals surface area contributed by atoms with Crippen LogP contribution in [0.4, 0.5) is 4.79 Å². The number of carbonyl (C=O) groups excluding carboxylic acids is 1. The van der Waals surface area contributed by atoms with E-state index in [1.54, 1.807) is 0 Å². The predicted molar refractivity (Wildman–Crippen MR) is 69.1 cm³/mol. The first-order valence-corrected chi connectivity index (χ1v) is 7.07. The number of urea groups is 1. The zero-order valence-corrected chi connectivity index (χ0v) is 11.0. The van der Waals surface area contributed by atoms with Gasteiger partial charge in [0.1, 0.15) is 0 Å². The van der Waals surface area contributed by atoms with Crippen LogP contribution >= 0.6 is 0 Å². The van der Waals surface area contributed by atoms with Crippen LogP contribution in [0.15, 0.2) is 0 Å². The third-order valence-corrected chi connectivity index (χ3v) is 3.97. The highest BCUT2D eigenvalue weighted by Crippen LogP contribution is 2.13. The Labute approximate surface area is 105 Å². The second-order valence-electron chi connectivity index (χ2n) is 5.11. The van der Waals surface area contributed by atoms with Crippen molar-refractivity contribution in [2.24, 2.45) is 0 Å². The van der Waals surface area contributed by atoms with Crippen molar-refractivity contribution in [2.75, 3.05) is 45.8 Å². The molecule has 4 heteroatoms. The molecule has 2 aliphatic rings. The number of likely N-dealkylation sites (N-methyl/N-ethyl adjacent to an activating group) is 1. The van der Waals surface area contributed by atoms with Gasteiger partial charge in [0.25, 0.3) is 0 Å². The van der Waals surface area contributed by atoms with Gasteiger partial charge in [0.15, 0.2) is 0 Å². The maximum Gasteiger partial charge on any atom is 0.320 e. The van der Waals surface area contributed by atoms with Crippen molar-refractivity contribution in [3.8, 4) is 0 Å². The summed E-state index contributed by atoms with van der Waals surface area (Å²) in [7, 11) is 0. The molecule has 0 radical (unpaired) electrons. The van der Waals surface area contributed by atoms with E-state index in [1.165, 1.54) is 25.7 Å². The van der Waals surface area contributed by atoms with Crippen LogP contribution in [0.2, 0.25) is 0 Å². The van der Waals surface area contributed by atoms with Crippen LogP contribution in [0.3, 0.4) is 0 Å². The first kappa shape index (κ1) is 12.7. The maximum atomic E-state index is 12.3. The first-order valence-electron chi connectivity index (χ1n) is 7.07. The molecule has 2 heterocycles. The lowest BCUT2D eigenvalue weighted by Gasteiger charge is -2.36. The number of amides is 2. The normalized spacial score (nSPS) is 23.6. The molecule has 0 bridgehead atoms. The monoisotopic (exact) mass is 239 g/mol. The maximum absolute atomic E-state index is 12.3. The lowest BCUT2D eigenvalue weighted by atomic mass is 10.2. The minimum atomic E-state index is 0.280. The highest BCUT2D eigenvalue weighted by molar-refractivity contribution is 5.74. The Bertz CT molecular complexity index is 241. The quantitative estimate of drug-likeness (QED) is 0.695. The molecule has 0 aromatic heterocycles. The molecule has 2 amide bonds. The molecule has 0 saturated carbocycles. The third kappa shape index (κ3) is 3.35. The average molecular weight is 239 g/mol. The predicted octanol–water partition coefficient (Wildman–Crippen LogP) is 1.62. The fraction of sp³-hybridized carbons (Fsp3) is 0.923. The molecule has 0 aromatic carbocycles. The zero-order chi connectivity index (χ0) is 12.1. The summed E-state index contributed by atoms with van der Waals surface area (Å²) in [6, 6.07) is 0.280. The van der Waals surface area contributed by atoms with Crippen LogP contribution in [-0.4, -0.2) is 66.5 Å². The third-order valence-electron chi connectivity index (χ3n) is 3.97. The first-order chi connectivity index (χ1) is 8.31. The van der Waals surface area contributed by atoms with Gasteiger partial charge in [-0.25, -0.2) is 4.79 Å². The number of carbonyl (C=O) groups is 1. The summed E-state index contributed by atoms with van der Waals surface area (Å²) in [5, 5.41) is 0. The average Bonchev–Trinajstić information content (AvgIpc) is 2.67. The zero-order valence-electron chi connectivity index (χ0n) is 11.0. The summed E-state index contributed by atoms with van der Waals surface area (Å²) >= 11 is 0. The molecule has 2 aliphatic heterocycles. The van der Waals surface area contributed by atoms with E-state index in [2.05, 4.69) is 16.7 Å². The molecule has 2 saturated heterocycles. The van der Waals surface area contributed by atoms with Crippen molar-refractivity contribution in [2.45, 2.75) is 32.6 Å². The molecule has 2 fully saturated rings. The summed E-state index contributed by atoms with van der Waals surface area (Å²) in [4.78, 5) is 18.8. The van der Waals surface area contributed by atoms with E-state index in [4.69, 9.17) is 0 Å². The van der Waals surface area contributed by atoms with Crippen LogP contribution in [0.1, 0.15) is 32.6 Å². The lowest BCUT2D eigenvalue weighted by Crippen LogP contribution is -2.52. The van der Waals surface area contributed by atoms with Gasteiger partial charge in [0.2, 0.25) is 0 Å². The Hall–Kier alpha value is -0.770. The van der Waals surface area contributed by atoms with Gasteiger partial charge in [-0.05, 0) is 19.4 Å². The number of piperazine rings is 1. The van der Waals surface area contributed by atoms with Gasteiger partial charge in [-0.2, -0.15) is 0 Å². The Morgan fingerprint density at radius 1 is 0.824 bits per heavy atom. The van der Waals surface area contributed by atoms with Crippen LogP contribution < -0.4 is 0 Å². The smallest absolute Gasteiger partial charge is 0.320 e. The highest BCUT2D eigenvalue weighted by atomic mass is 16.2. The van der Waals surface area contributed by atoms with Gasteiger partial charge in [-0.3, -0.25) is 0 Å². The Kier molecular flexibility index (Phi) is 4.66. The molecule has 0 aromatic rings. The number of hydrogen-bond acceptors (Lipinski definition) is 2. The molecule has 0 aliphatic carbocycles. The van der Waals surface area contributed by atoms with E-state index in [1.807, 2.05) is 4.90 Å². The van der Waals surface area contributed by atoms with Gasteiger partial charge in [0, 0.05) is 39.3 Å². The number of likely N-dealkylation sites (tertiary alicyclic amines) is 1. The molecule has 98 valence electrons. The molecule has 17 heavy (non-hydrogen) atoms. The van der Waals surface area contributed by atoms with Crippen molar-refractivity contribution in [1.29, 1.82) is 0 Å². The van der Waals surface area contributed by atoms with Crippen molar-refractivity contribution < 1.29 is 4.79 Å². The summed E-state index contributed by atoms with van der Waals surface area (Å²) in [5.41, 5.74) is 0. The fourth-order valence-corrected chi connectivity index (χ4v) is 2.72. The second-order valence-corrected chi connectivity index (χ2v) is 5.11. The van der Waals surface area contributed by atoms with Gasteiger partial charge >= 0.3 is 6.03 Å². The van der Waals surface area contributed by atoms with E-state index >= 15 is 0 Å². The number of nitrogens with zero attached hydrogens (tertiary/aromatic N) is 3. The Morgan fingerprint density at radius 2 is 1.35 bits per heavy atom. The largest absolute Gasteiger partial charge is 0.325 e. The fourth-order valence-electron chi connectivity index (χ4n) is 2.72. The molecular weight excluding hydrogens is 214 g/mol. The van der Waals surface area contributed by atoms with Crippen molar-refractivity contribution >= 4 is 6.03 Å². The minimum absolute atomic E-state index is 0.280. The number of rotatable bonds is 1. The van der Waals surface area contributed by atoms with Crippen molar-refractivity contribution in [1.82, 2.24) is 14.7 Å². The SMILES string of the molecule is CCN1CCN(C(=O)N2CCCCCC2)CC1. The molecule has 4 nitrogen and oxygen atoms in total. The van der Waals surface area contributed by atoms with E-state index in [0.717, 1.165) is 45.8 Å². The highest BCUT2D eigenvalue weighted by Gasteiger charge is 2.24. The summed E-state index contributed by atoms with van der Waals surface area (Å²) in [5.74, 6) is 0. The van der Waals surface area contributed by atoms with Crippen LogP contribution in [-0.2, 0) is 0 Å². The Morgan fingerprint density at radius 3 is 1.88 bits per heavy atom.